The molecule has 11 heavy (non-hydrogen) atoms. The molecule has 0 saturated carbocycles. The molecule has 2 N–H and O–H groups in total. The van der Waals surface area contributed by atoms with Gasteiger partial charge in [0.25, 0.3) is 0 Å². The zero-order valence-electron chi connectivity index (χ0n) is 6.95. The summed E-state index contributed by atoms with van der Waals surface area (Å²) in [4.78, 5) is 0. The fraction of sp³-hybridized carbons (Fsp3) is 0.556. The molecular weight excluding hydrogens is 140 g/mol. The Morgan fingerprint density at radius 1 is 1.36 bits per heavy atom. The lowest BCUT2D eigenvalue weighted by atomic mass is 10.1. The van der Waals surface area contributed by atoms with E-state index in [4.69, 9.17) is 10.2 Å². The summed E-state index contributed by atoms with van der Waals surface area (Å²) in [5, 5.41) is 16.1. The zero-order valence-corrected chi connectivity index (χ0v) is 6.95. The van der Waals surface area contributed by atoms with Gasteiger partial charge in [0.2, 0.25) is 0 Å². The number of rotatable bonds is 1. The van der Waals surface area contributed by atoms with Crippen LogP contribution in [0.2, 0.25) is 0 Å². The minimum Gasteiger partial charge on any atom is -0.397 e. The van der Waals surface area contributed by atoms with E-state index in [0.29, 0.717) is 0 Å². The maximum atomic E-state index is 8.57. The van der Waals surface area contributed by atoms with Crippen molar-refractivity contribution in [2.24, 2.45) is 0 Å². The first-order valence-corrected chi connectivity index (χ1v) is 3.92. The Hall–Kier alpha value is -0.600. The van der Waals surface area contributed by atoms with Crippen molar-refractivity contribution in [1.82, 2.24) is 0 Å². The van der Waals surface area contributed by atoms with Crippen LogP contribution in [-0.2, 0) is 0 Å². The van der Waals surface area contributed by atoms with Gasteiger partial charge in [-0.15, -0.1) is 0 Å². The highest BCUT2D eigenvalue weighted by Gasteiger charge is 1.91. The Balaban J connectivity index is 0.000000292. The van der Waals surface area contributed by atoms with Gasteiger partial charge in [-0.05, 0) is 25.3 Å². The molecule has 2 heteroatoms. The first kappa shape index (κ1) is 10.4. The summed E-state index contributed by atoms with van der Waals surface area (Å²) >= 11 is 0. The third kappa shape index (κ3) is 5.83. The average molecular weight is 156 g/mol. The fourth-order valence-electron chi connectivity index (χ4n) is 0.785. The van der Waals surface area contributed by atoms with E-state index < -0.39 is 0 Å². The minimum atomic E-state index is 0.191. The van der Waals surface area contributed by atoms with Crippen LogP contribution in [0, 0.1) is 0 Å². The zero-order chi connectivity index (χ0) is 8.53. The Bertz CT molecular complexity index is 136. The summed E-state index contributed by atoms with van der Waals surface area (Å²) in [5.41, 5.74) is 1.05. The molecule has 1 aliphatic rings. The molecule has 0 saturated heterocycles. The van der Waals surface area contributed by atoms with Crippen LogP contribution >= 0.6 is 0 Å². The third-order valence-electron chi connectivity index (χ3n) is 1.25. The number of hydrogen-bond acceptors (Lipinski definition) is 2. The Kier molecular flexibility index (Phi) is 7.10. The summed E-state index contributed by atoms with van der Waals surface area (Å²) in [7, 11) is 0. The standard InChI is InChI=1S/C7H10O.C2H6O/c8-6-7-4-2-1-3-5-7;1-2-3/h2,4-5,8H,1,3,6H2;3H,2H2,1H3. The van der Waals surface area contributed by atoms with Crippen molar-refractivity contribution in [1.29, 1.82) is 0 Å². The molecule has 0 aromatic carbocycles. The van der Waals surface area contributed by atoms with Crippen molar-refractivity contribution in [2.75, 3.05) is 13.2 Å². The van der Waals surface area contributed by atoms with E-state index in [1.165, 1.54) is 0 Å². The van der Waals surface area contributed by atoms with Gasteiger partial charge >= 0.3 is 0 Å². The van der Waals surface area contributed by atoms with E-state index in [1.807, 2.05) is 6.08 Å². The maximum absolute atomic E-state index is 8.57. The van der Waals surface area contributed by atoms with Gasteiger partial charge in [0.15, 0.2) is 0 Å². The molecule has 0 fully saturated rings. The monoisotopic (exact) mass is 156 g/mol. The molecule has 64 valence electrons. The number of aliphatic hydroxyl groups excluding tert-OH is 2. The normalized spacial score (nSPS) is 15.0. The van der Waals surface area contributed by atoms with Gasteiger partial charge in [-0.25, -0.2) is 0 Å². The lowest BCUT2D eigenvalue weighted by molar-refractivity contribution is 0.318. The van der Waals surface area contributed by atoms with Crippen LogP contribution in [0.1, 0.15) is 19.8 Å². The molecule has 0 spiro atoms. The molecule has 0 bridgehead atoms. The molecule has 2 nitrogen and oxygen atoms in total. The highest BCUT2D eigenvalue weighted by Crippen LogP contribution is 2.07. The predicted octanol–water partition coefficient (Wildman–Crippen LogP) is 1.25. The molecule has 1 aliphatic carbocycles. The first-order chi connectivity index (χ1) is 5.35. The average Bonchev–Trinajstić information content (AvgIpc) is 2.08. The quantitative estimate of drug-likeness (QED) is 0.600. The number of aliphatic hydroxyl groups is 2. The second-order valence-corrected chi connectivity index (χ2v) is 2.23. The van der Waals surface area contributed by atoms with Crippen LogP contribution in [0.15, 0.2) is 23.8 Å². The van der Waals surface area contributed by atoms with Crippen LogP contribution in [0.5, 0.6) is 0 Å². The van der Waals surface area contributed by atoms with Gasteiger partial charge in [-0.1, -0.05) is 18.2 Å². The number of allylic oxidation sites excluding steroid dienone is 2. The van der Waals surface area contributed by atoms with Gasteiger partial charge in [0, 0.05) is 6.61 Å². The second kappa shape index (κ2) is 7.51. The van der Waals surface area contributed by atoms with E-state index in [0.717, 1.165) is 18.4 Å². The SMILES string of the molecule is CCO.OCC1=CCCC=C1. The molecule has 1 rings (SSSR count). The summed E-state index contributed by atoms with van der Waals surface area (Å²) in [5.74, 6) is 0. The molecule has 0 radical (unpaired) electrons. The Morgan fingerprint density at radius 2 is 2.00 bits per heavy atom. The van der Waals surface area contributed by atoms with Crippen molar-refractivity contribution in [3.8, 4) is 0 Å². The Labute approximate surface area is 67.9 Å². The smallest absolute Gasteiger partial charge is 0.0678 e. The molecule has 0 atom stereocenters. The molecule has 0 aromatic rings. The Morgan fingerprint density at radius 3 is 2.27 bits per heavy atom. The van der Waals surface area contributed by atoms with E-state index in [9.17, 15) is 0 Å². The van der Waals surface area contributed by atoms with Gasteiger partial charge in [0.1, 0.15) is 0 Å². The van der Waals surface area contributed by atoms with Gasteiger partial charge in [0.05, 0.1) is 6.61 Å². The van der Waals surface area contributed by atoms with Crippen molar-refractivity contribution >= 4 is 0 Å². The summed E-state index contributed by atoms with van der Waals surface area (Å²) < 4.78 is 0. The topological polar surface area (TPSA) is 40.5 Å². The summed E-state index contributed by atoms with van der Waals surface area (Å²) in [6.07, 6.45) is 8.35. The first-order valence-electron chi connectivity index (χ1n) is 3.92. The van der Waals surface area contributed by atoms with Crippen LogP contribution < -0.4 is 0 Å². The molecule has 0 unspecified atom stereocenters. The van der Waals surface area contributed by atoms with Gasteiger partial charge in [-0.3, -0.25) is 0 Å². The molecule has 0 aromatic heterocycles. The summed E-state index contributed by atoms with van der Waals surface area (Å²) in [6.45, 7) is 2.12. The van der Waals surface area contributed by atoms with Crippen LogP contribution in [0.3, 0.4) is 0 Å². The third-order valence-corrected chi connectivity index (χ3v) is 1.25. The lowest BCUT2D eigenvalue weighted by Gasteiger charge is -2.00. The molecule has 0 aliphatic heterocycles. The van der Waals surface area contributed by atoms with E-state index in [-0.39, 0.29) is 13.2 Å². The van der Waals surface area contributed by atoms with E-state index >= 15 is 0 Å². The van der Waals surface area contributed by atoms with Crippen molar-refractivity contribution in [3.05, 3.63) is 23.8 Å². The second-order valence-electron chi connectivity index (χ2n) is 2.23. The molecular formula is C9H16O2. The fourth-order valence-corrected chi connectivity index (χ4v) is 0.785. The van der Waals surface area contributed by atoms with Crippen molar-refractivity contribution in [3.63, 3.8) is 0 Å². The molecule has 0 heterocycles. The van der Waals surface area contributed by atoms with Gasteiger partial charge < -0.3 is 10.2 Å². The highest BCUT2D eigenvalue weighted by atomic mass is 16.3. The number of hydrogen-bond donors (Lipinski definition) is 2. The maximum Gasteiger partial charge on any atom is 0.0678 e. The van der Waals surface area contributed by atoms with Crippen LogP contribution in [0.4, 0.5) is 0 Å². The van der Waals surface area contributed by atoms with Crippen molar-refractivity contribution in [2.45, 2.75) is 19.8 Å². The largest absolute Gasteiger partial charge is 0.397 e. The van der Waals surface area contributed by atoms with Crippen molar-refractivity contribution < 1.29 is 10.2 Å². The summed E-state index contributed by atoms with van der Waals surface area (Å²) in [6, 6.07) is 0. The predicted molar refractivity (Wildman–Crippen MR) is 46.3 cm³/mol. The lowest BCUT2D eigenvalue weighted by Crippen LogP contribution is -1.88. The van der Waals surface area contributed by atoms with Gasteiger partial charge in [-0.2, -0.15) is 0 Å². The van der Waals surface area contributed by atoms with Crippen LogP contribution in [-0.4, -0.2) is 23.4 Å². The van der Waals surface area contributed by atoms with Crippen LogP contribution in [0.25, 0.3) is 0 Å². The molecule has 0 amide bonds. The highest BCUT2D eigenvalue weighted by molar-refractivity contribution is 5.21. The van der Waals surface area contributed by atoms with E-state index in [2.05, 4.69) is 12.2 Å². The minimum absolute atomic E-state index is 0.191. The van der Waals surface area contributed by atoms with E-state index in [1.54, 1.807) is 6.92 Å².